The molecule has 0 aliphatic rings. The first-order valence-electron chi connectivity index (χ1n) is 9.69. The zero-order chi connectivity index (χ0) is 20.6. The summed E-state index contributed by atoms with van der Waals surface area (Å²) in [5.74, 6) is -0.0152. The van der Waals surface area contributed by atoms with Gasteiger partial charge in [-0.25, -0.2) is 9.78 Å². The van der Waals surface area contributed by atoms with Gasteiger partial charge in [0.2, 0.25) is 0 Å². The van der Waals surface area contributed by atoms with Gasteiger partial charge in [-0.3, -0.25) is 4.98 Å². The summed E-state index contributed by atoms with van der Waals surface area (Å²) in [5.41, 5.74) is 2.88. The summed E-state index contributed by atoms with van der Waals surface area (Å²) in [7, 11) is 0. The zero-order valence-corrected chi connectivity index (χ0v) is 17.1. The Morgan fingerprint density at radius 3 is 2.72 bits per heavy atom. The number of unbranched alkanes of at least 4 members (excludes halogenated alkanes) is 1. The predicted molar refractivity (Wildman–Crippen MR) is 115 cm³/mol. The molecular formula is C23H24ClN3O2. The number of pyridine rings is 1. The second kappa shape index (κ2) is 10.0. The number of carboxylic acids is 1. The van der Waals surface area contributed by atoms with E-state index in [1.54, 1.807) is 30.7 Å². The van der Waals surface area contributed by atoms with Crippen LogP contribution in [0.15, 0.2) is 60.6 Å². The molecular weight excluding hydrogens is 386 g/mol. The molecule has 0 amide bonds. The Bertz CT molecular complexity index is 996. The molecule has 0 bridgehead atoms. The van der Waals surface area contributed by atoms with Crippen molar-refractivity contribution in [1.82, 2.24) is 14.5 Å². The average Bonchev–Trinajstić information content (AvgIpc) is 3.09. The second-order valence-electron chi connectivity index (χ2n) is 6.89. The number of nitrogens with zero attached hydrogens (tertiary/aromatic N) is 3. The summed E-state index contributed by atoms with van der Waals surface area (Å²) < 4.78 is 2.06. The van der Waals surface area contributed by atoms with Crippen LogP contribution in [-0.2, 0) is 24.2 Å². The maximum atomic E-state index is 11.9. The third-order valence-corrected chi connectivity index (χ3v) is 5.09. The van der Waals surface area contributed by atoms with Crippen molar-refractivity contribution in [3.05, 3.63) is 88.2 Å². The minimum atomic E-state index is -0.950. The van der Waals surface area contributed by atoms with Crippen LogP contribution in [0.4, 0.5) is 0 Å². The van der Waals surface area contributed by atoms with Gasteiger partial charge in [-0.2, -0.15) is 0 Å². The molecule has 29 heavy (non-hydrogen) atoms. The molecule has 0 unspecified atom stereocenters. The molecule has 6 heteroatoms. The predicted octanol–water partition coefficient (Wildman–Crippen LogP) is 5.03. The van der Waals surface area contributed by atoms with Crippen LogP contribution in [0.2, 0.25) is 5.02 Å². The summed E-state index contributed by atoms with van der Waals surface area (Å²) in [6.45, 7) is 2.68. The van der Waals surface area contributed by atoms with Crippen molar-refractivity contribution in [3.8, 4) is 0 Å². The lowest BCUT2D eigenvalue weighted by atomic mass is 10.1. The van der Waals surface area contributed by atoms with E-state index in [-0.39, 0.29) is 0 Å². The lowest BCUT2D eigenvalue weighted by Gasteiger charge is -2.12. The molecule has 5 nitrogen and oxygen atoms in total. The third-order valence-electron chi connectivity index (χ3n) is 4.72. The molecule has 0 saturated carbocycles. The number of hydrogen-bond donors (Lipinski definition) is 1. The van der Waals surface area contributed by atoms with Gasteiger partial charge in [-0.15, -0.1) is 0 Å². The number of benzene rings is 1. The minimum absolute atomic E-state index is 0.292. The fourth-order valence-electron chi connectivity index (χ4n) is 3.15. The molecule has 0 saturated heterocycles. The Kier molecular flexibility index (Phi) is 7.19. The summed E-state index contributed by atoms with van der Waals surface area (Å²) in [4.78, 5) is 20.5. The van der Waals surface area contributed by atoms with Crippen molar-refractivity contribution in [3.63, 3.8) is 0 Å². The van der Waals surface area contributed by atoms with Gasteiger partial charge in [0.05, 0.1) is 18.4 Å². The van der Waals surface area contributed by atoms with Gasteiger partial charge in [0.25, 0.3) is 0 Å². The number of imidazole rings is 1. The lowest BCUT2D eigenvalue weighted by molar-refractivity contribution is -0.132. The Morgan fingerprint density at radius 1 is 1.21 bits per heavy atom. The van der Waals surface area contributed by atoms with Gasteiger partial charge < -0.3 is 9.67 Å². The van der Waals surface area contributed by atoms with Crippen molar-refractivity contribution >= 4 is 23.6 Å². The van der Waals surface area contributed by atoms with Crippen LogP contribution in [0.1, 0.15) is 42.4 Å². The average molecular weight is 410 g/mol. The van der Waals surface area contributed by atoms with Crippen LogP contribution in [0.5, 0.6) is 0 Å². The monoisotopic (exact) mass is 409 g/mol. The first kappa shape index (κ1) is 20.8. The van der Waals surface area contributed by atoms with E-state index in [2.05, 4.69) is 21.5 Å². The number of carbonyl (C=O) groups is 1. The Labute approximate surface area is 175 Å². The summed E-state index contributed by atoms with van der Waals surface area (Å²) in [6, 6.07) is 11.4. The van der Waals surface area contributed by atoms with Crippen LogP contribution in [0.25, 0.3) is 6.08 Å². The van der Waals surface area contributed by atoms with Crippen LogP contribution in [0, 0.1) is 0 Å². The van der Waals surface area contributed by atoms with E-state index in [0.717, 1.165) is 41.9 Å². The Hall–Kier alpha value is -2.92. The first-order chi connectivity index (χ1) is 14.1. The van der Waals surface area contributed by atoms with E-state index < -0.39 is 5.97 Å². The van der Waals surface area contributed by atoms with Crippen LogP contribution < -0.4 is 0 Å². The molecule has 0 aliphatic heterocycles. The standard InChI is InChI=1S/C23H24ClN3O2/c1-2-3-10-22-26-15-20(27(22)16-18-8-4-5-9-21(18)24)13-19(23(28)29)12-17-7-6-11-25-14-17/h4-9,11,13-15H,2-3,10,12,16H2,1H3,(H,28,29)/b19-13+. The zero-order valence-electron chi connectivity index (χ0n) is 16.4. The normalized spacial score (nSPS) is 11.6. The molecule has 1 N–H and O–H groups in total. The molecule has 3 aromatic rings. The third kappa shape index (κ3) is 5.55. The van der Waals surface area contributed by atoms with Gasteiger partial charge in [-0.05, 0) is 35.8 Å². The SMILES string of the molecule is CCCCc1ncc(/C=C(\Cc2cccnc2)C(=O)O)n1Cc1ccccc1Cl. The quantitative estimate of drug-likeness (QED) is 0.503. The van der Waals surface area contributed by atoms with Gasteiger partial charge in [-0.1, -0.05) is 49.2 Å². The van der Waals surface area contributed by atoms with Crippen molar-refractivity contribution in [2.45, 2.75) is 39.2 Å². The minimum Gasteiger partial charge on any atom is -0.478 e. The van der Waals surface area contributed by atoms with Crippen molar-refractivity contribution in [1.29, 1.82) is 0 Å². The smallest absolute Gasteiger partial charge is 0.331 e. The molecule has 0 spiro atoms. The van der Waals surface area contributed by atoms with Crippen LogP contribution in [0.3, 0.4) is 0 Å². The van der Waals surface area contributed by atoms with E-state index in [4.69, 9.17) is 11.6 Å². The van der Waals surface area contributed by atoms with Crippen LogP contribution >= 0.6 is 11.6 Å². The molecule has 0 aliphatic carbocycles. The highest BCUT2D eigenvalue weighted by Crippen LogP contribution is 2.21. The Balaban J connectivity index is 1.98. The fourth-order valence-corrected chi connectivity index (χ4v) is 3.34. The largest absolute Gasteiger partial charge is 0.478 e. The van der Waals surface area contributed by atoms with Crippen molar-refractivity contribution < 1.29 is 9.90 Å². The molecule has 3 rings (SSSR count). The van der Waals surface area contributed by atoms with Gasteiger partial charge >= 0.3 is 5.97 Å². The molecule has 0 atom stereocenters. The number of aryl methyl sites for hydroxylation is 1. The fraction of sp³-hybridized carbons (Fsp3) is 0.261. The molecule has 0 fully saturated rings. The van der Waals surface area contributed by atoms with Crippen LogP contribution in [-0.4, -0.2) is 25.6 Å². The van der Waals surface area contributed by atoms with Gasteiger partial charge in [0.1, 0.15) is 5.82 Å². The summed E-state index contributed by atoms with van der Waals surface area (Å²) in [5, 5.41) is 10.4. The summed E-state index contributed by atoms with van der Waals surface area (Å²) >= 11 is 6.36. The molecule has 2 heterocycles. The van der Waals surface area contributed by atoms with Crippen molar-refractivity contribution in [2.75, 3.05) is 0 Å². The molecule has 2 aromatic heterocycles. The second-order valence-corrected chi connectivity index (χ2v) is 7.30. The van der Waals surface area contributed by atoms with E-state index in [9.17, 15) is 9.90 Å². The number of aromatic nitrogens is 3. The number of halogens is 1. The number of rotatable bonds is 9. The van der Waals surface area contributed by atoms with Gasteiger partial charge in [0.15, 0.2) is 0 Å². The van der Waals surface area contributed by atoms with E-state index in [0.29, 0.717) is 23.6 Å². The number of carboxylic acid groups (broad SMARTS) is 1. The molecule has 150 valence electrons. The summed E-state index contributed by atoms with van der Waals surface area (Å²) in [6.07, 6.45) is 10.0. The maximum absolute atomic E-state index is 11.9. The van der Waals surface area contributed by atoms with E-state index in [1.807, 2.05) is 30.3 Å². The molecule has 1 aromatic carbocycles. The van der Waals surface area contributed by atoms with Crippen molar-refractivity contribution in [2.24, 2.45) is 0 Å². The van der Waals surface area contributed by atoms with E-state index >= 15 is 0 Å². The highest BCUT2D eigenvalue weighted by molar-refractivity contribution is 6.31. The maximum Gasteiger partial charge on any atom is 0.331 e. The first-order valence-corrected chi connectivity index (χ1v) is 10.1. The van der Waals surface area contributed by atoms with Gasteiger partial charge in [0, 0.05) is 35.8 Å². The highest BCUT2D eigenvalue weighted by Gasteiger charge is 2.14. The molecule has 0 radical (unpaired) electrons. The number of aliphatic carboxylic acids is 1. The topological polar surface area (TPSA) is 68.0 Å². The Morgan fingerprint density at radius 2 is 2.03 bits per heavy atom. The lowest BCUT2D eigenvalue weighted by Crippen LogP contribution is -2.09. The van der Waals surface area contributed by atoms with E-state index in [1.165, 1.54) is 0 Å². The highest BCUT2D eigenvalue weighted by atomic mass is 35.5. The number of hydrogen-bond acceptors (Lipinski definition) is 3.